The number of rotatable bonds is 5. The summed E-state index contributed by atoms with van der Waals surface area (Å²) in [5.74, 6) is 0.128. The van der Waals surface area contributed by atoms with E-state index in [4.69, 9.17) is 16.3 Å². The first-order chi connectivity index (χ1) is 14.0. The summed E-state index contributed by atoms with van der Waals surface area (Å²) >= 11 is 6.34. The number of carbonyl (C=O) groups is 2. The summed E-state index contributed by atoms with van der Waals surface area (Å²) in [6, 6.07) is 3.74. The van der Waals surface area contributed by atoms with Crippen molar-refractivity contribution in [2.45, 2.75) is 26.7 Å². The minimum Gasteiger partial charge on any atom is -0.379 e. The second kappa shape index (κ2) is 10.3. The van der Waals surface area contributed by atoms with Gasteiger partial charge in [0, 0.05) is 44.3 Å². The Labute approximate surface area is 177 Å². The summed E-state index contributed by atoms with van der Waals surface area (Å²) in [5, 5.41) is 3.76. The zero-order valence-corrected chi connectivity index (χ0v) is 18.1. The topological polar surface area (TPSA) is 65.1 Å². The van der Waals surface area contributed by atoms with E-state index in [1.54, 1.807) is 4.90 Å². The normalized spacial score (nSPS) is 18.0. The van der Waals surface area contributed by atoms with E-state index in [0.29, 0.717) is 51.0 Å². The monoisotopic (exact) mass is 422 g/mol. The van der Waals surface area contributed by atoms with Gasteiger partial charge in [0.2, 0.25) is 5.91 Å². The third-order valence-corrected chi connectivity index (χ3v) is 6.04. The quantitative estimate of drug-likeness (QED) is 0.791. The number of ether oxygens (including phenoxy) is 1. The van der Waals surface area contributed by atoms with Crippen LogP contribution in [0, 0.1) is 0 Å². The predicted octanol–water partition coefficient (Wildman–Crippen LogP) is 2.47. The molecule has 0 bridgehead atoms. The number of hydrogen-bond acceptors (Lipinski definition) is 4. The Morgan fingerprint density at radius 1 is 1.00 bits per heavy atom. The minimum absolute atomic E-state index is 0.128. The van der Waals surface area contributed by atoms with Crippen LogP contribution in [-0.2, 0) is 22.4 Å². The predicted molar refractivity (Wildman–Crippen MR) is 115 cm³/mol. The van der Waals surface area contributed by atoms with Crippen LogP contribution in [0.25, 0.3) is 0 Å². The lowest BCUT2D eigenvalue weighted by atomic mass is 10.0. The average molecular weight is 423 g/mol. The average Bonchev–Trinajstić information content (AvgIpc) is 2.75. The first kappa shape index (κ1) is 21.9. The number of hydrogen-bond donors (Lipinski definition) is 1. The number of urea groups is 1. The van der Waals surface area contributed by atoms with Crippen LogP contribution in [0.3, 0.4) is 0 Å². The van der Waals surface area contributed by atoms with Gasteiger partial charge in [-0.2, -0.15) is 0 Å². The summed E-state index contributed by atoms with van der Waals surface area (Å²) in [6.45, 7) is 9.69. The number of anilines is 1. The van der Waals surface area contributed by atoms with Crippen molar-refractivity contribution in [3.8, 4) is 0 Å². The molecule has 1 aromatic carbocycles. The van der Waals surface area contributed by atoms with Crippen LogP contribution in [0.15, 0.2) is 12.1 Å². The van der Waals surface area contributed by atoms with Gasteiger partial charge >= 0.3 is 6.03 Å². The standard InChI is InChI=1S/C21H31ClN4O3/c1-3-16-5-6-18(22)17(4-2)20(16)23-21(28)26-9-7-25(8-10-26)19(27)15-24-11-13-29-14-12-24/h5-6H,3-4,7-15H2,1-2H3,(H,23,28). The molecular weight excluding hydrogens is 392 g/mol. The van der Waals surface area contributed by atoms with E-state index >= 15 is 0 Å². The van der Waals surface area contributed by atoms with E-state index < -0.39 is 0 Å². The van der Waals surface area contributed by atoms with Crippen LogP contribution in [-0.4, -0.2) is 85.7 Å². The lowest BCUT2D eigenvalue weighted by Gasteiger charge is -2.36. The van der Waals surface area contributed by atoms with Gasteiger partial charge < -0.3 is 19.9 Å². The number of amides is 3. The number of piperazine rings is 1. The summed E-state index contributed by atoms with van der Waals surface area (Å²) in [4.78, 5) is 31.2. The molecule has 0 aliphatic carbocycles. The van der Waals surface area contributed by atoms with Gasteiger partial charge in [0.1, 0.15) is 0 Å². The maximum atomic E-state index is 12.9. The molecule has 0 radical (unpaired) electrons. The van der Waals surface area contributed by atoms with Crippen molar-refractivity contribution in [1.29, 1.82) is 0 Å². The SMILES string of the molecule is CCc1ccc(Cl)c(CC)c1NC(=O)N1CCN(C(=O)CN2CCOCC2)CC1. The Morgan fingerprint density at radius 3 is 2.28 bits per heavy atom. The molecular formula is C21H31ClN4O3. The molecule has 2 heterocycles. The number of morpholine rings is 1. The van der Waals surface area contributed by atoms with Gasteiger partial charge in [0.05, 0.1) is 25.4 Å². The number of halogens is 1. The fourth-order valence-corrected chi connectivity index (χ4v) is 4.15. The van der Waals surface area contributed by atoms with E-state index in [-0.39, 0.29) is 11.9 Å². The highest BCUT2D eigenvalue weighted by Gasteiger charge is 2.26. The Morgan fingerprint density at radius 2 is 1.66 bits per heavy atom. The Bertz CT molecular complexity index is 729. The number of nitrogens with zero attached hydrogens (tertiary/aromatic N) is 3. The van der Waals surface area contributed by atoms with E-state index in [9.17, 15) is 9.59 Å². The van der Waals surface area contributed by atoms with Crippen LogP contribution in [0.1, 0.15) is 25.0 Å². The molecule has 1 aromatic rings. The van der Waals surface area contributed by atoms with Gasteiger partial charge in [-0.15, -0.1) is 0 Å². The molecule has 2 aliphatic heterocycles. The highest BCUT2D eigenvalue weighted by Crippen LogP contribution is 2.29. The second-order valence-electron chi connectivity index (χ2n) is 7.45. The fraction of sp³-hybridized carbons (Fsp3) is 0.619. The van der Waals surface area contributed by atoms with Gasteiger partial charge in [-0.3, -0.25) is 9.69 Å². The minimum atomic E-state index is -0.128. The molecule has 3 rings (SSSR count). The smallest absolute Gasteiger partial charge is 0.321 e. The molecule has 8 heteroatoms. The zero-order chi connectivity index (χ0) is 20.8. The van der Waals surface area contributed by atoms with Crippen molar-refractivity contribution in [1.82, 2.24) is 14.7 Å². The number of benzene rings is 1. The van der Waals surface area contributed by atoms with Gasteiger partial charge in [0.25, 0.3) is 0 Å². The zero-order valence-electron chi connectivity index (χ0n) is 17.4. The summed E-state index contributed by atoms with van der Waals surface area (Å²) in [7, 11) is 0. The van der Waals surface area contributed by atoms with E-state index in [2.05, 4.69) is 17.1 Å². The van der Waals surface area contributed by atoms with Crippen molar-refractivity contribution in [3.63, 3.8) is 0 Å². The maximum absolute atomic E-state index is 12.9. The first-order valence-corrected chi connectivity index (χ1v) is 10.8. The van der Waals surface area contributed by atoms with Crippen molar-refractivity contribution in [2.75, 3.05) is 64.3 Å². The number of aryl methyl sites for hydroxylation is 1. The molecule has 3 amide bonds. The van der Waals surface area contributed by atoms with Crippen LogP contribution >= 0.6 is 11.6 Å². The summed E-state index contributed by atoms with van der Waals surface area (Å²) < 4.78 is 5.33. The molecule has 0 unspecified atom stereocenters. The Hall–Kier alpha value is -1.83. The van der Waals surface area contributed by atoms with Crippen LogP contribution in [0.4, 0.5) is 10.5 Å². The van der Waals surface area contributed by atoms with Crippen molar-refractivity contribution >= 4 is 29.2 Å². The largest absolute Gasteiger partial charge is 0.379 e. The third-order valence-electron chi connectivity index (χ3n) is 5.69. The molecule has 7 nitrogen and oxygen atoms in total. The first-order valence-electron chi connectivity index (χ1n) is 10.5. The third kappa shape index (κ3) is 5.41. The summed E-state index contributed by atoms with van der Waals surface area (Å²) in [6.07, 6.45) is 1.58. The molecule has 0 atom stereocenters. The highest BCUT2D eigenvalue weighted by atomic mass is 35.5. The second-order valence-corrected chi connectivity index (χ2v) is 7.86. The van der Waals surface area contributed by atoms with Gasteiger partial charge in [-0.25, -0.2) is 4.79 Å². The van der Waals surface area contributed by atoms with Gasteiger partial charge in [0.15, 0.2) is 0 Å². The maximum Gasteiger partial charge on any atom is 0.321 e. The van der Waals surface area contributed by atoms with Gasteiger partial charge in [-0.1, -0.05) is 31.5 Å². The lowest BCUT2D eigenvalue weighted by Crippen LogP contribution is -2.54. The van der Waals surface area contributed by atoms with Crippen molar-refractivity contribution < 1.29 is 14.3 Å². The summed E-state index contributed by atoms with van der Waals surface area (Å²) in [5.41, 5.74) is 2.89. The Balaban J connectivity index is 1.55. The molecule has 0 saturated carbocycles. The number of carbonyl (C=O) groups excluding carboxylic acids is 2. The molecule has 0 aromatic heterocycles. The number of nitrogens with one attached hydrogen (secondary N) is 1. The van der Waals surface area contributed by atoms with Crippen LogP contribution in [0.5, 0.6) is 0 Å². The van der Waals surface area contributed by atoms with E-state index in [0.717, 1.165) is 42.7 Å². The molecule has 2 aliphatic rings. The van der Waals surface area contributed by atoms with Crippen molar-refractivity contribution in [3.05, 3.63) is 28.3 Å². The molecule has 0 spiro atoms. The lowest BCUT2D eigenvalue weighted by molar-refractivity contribution is -0.134. The van der Waals surface area contributed by atoms with E-state index in [1.807, 2.05) is 24.0 Å². The Kier molecular flexibility index (Phi) is 7.75. The van der Waals surface area contributed by atoms with E-state index in [1.165, 1.54) is 0 Å². The fourth-order valence-electron chi connectivity index (χ4n) is 3.86. The van der Waals surface area contributed by atoms with Crippen molar-refractivity contribution in [2.24, 2.45) is 0 Å². The molecule has 160 valence electrons. The molecule has 1 N–H and O–H groups in total. The van der Waals surface area contributed by atoms with Gasteiger partial charge in [-0.05, 0) is 30.0 Å². The molecule has 2 fully saturated rings. The highest BCUT2D eigenvalue weighted by molar-refractivity contribution is 6.32. The van der Waals surface area contributed by atoms with Crippen LogP contribution < -0.4 is 5.32 Å². The van der Waals surface area contributed by atoms with Crippen LogP contribution in [0.2, 0.25) is 5.02 Å². The molecule has 2 saturated heterocycles. The molecule has 29 heavy (non-hydrogen) atoms.